The number of fused-ring (bicyclic) bond motifs is 2. The lowest BCUT2D eigenvalue weighted by Crippen LogP contribution is -2.23. The van der Waals surface area contributed by atoms with Gasteiger partial charge in [-0.25, -0.2) is 47.9 Å². The van der Waals surface area contributed by atoms with Gasteiger partial charge in [0.2, 0.25) is 0 Å². The van der Waals surface area contributed by atoms with Crippen LogP contribution in [0.25, 0.3) is 21.5 Å². The average Bonchev–Trinajstić information content (AvgIpc) is 3.00. The number of carboxylic acids is 8. The predicted molar refractivity (Wildman–Crippen MR) is 153 cm³/mol. The first-order chi connectivity index (χ1) is 22.8. The van der Waals surface area contributed by atoms with Gasteiger partial charge in [-0.2, -0.15) is 0 Å². The standard InChI is InChI=1S/C30H14O19/c31-21(32)11-1-7-3-15(25(39)40)17(27(43)44)19(9(7)5-13(11)23(35)36)29(47)49-30(48)20-10-6-14(24(37)38)12(22(33)34)2-8(10)4-16(26(41)42)18(20)28(45)46/h1-6H,(H,31,32)(H,33,34)(H,35,36)(H,37,38)(H,39,40)(H,41,42)(H,43,44)(H,45,46). The summed E-state index contributed by atoms with van der Waals surface area (Å²) in [6.07, 6.45) is 0. The van der Waals surface area contributed by atoms with Crippen molar-refractivity contribution in [2.45, 2.75) is 0 Å². The molecule has 49 heavy (non-hydrogen) atoms. The molecule has 0 heterocycles. The second kappa shape index (κ2) is 12.2. The highest BCUT2D eigenvalue weighted by Gasteiger charge is 2.35. The second-order valence-electron chi connectivity index (χ2n) is 9.70. The molecule has 0 aromatic heterocycles. The van der Waals surface area contributed by atoms with Crippen LogP contribution >= 0.6 is 0 Å². The minimum atomic E-state index is -2.16. The fourth-order valence-corrected chi connectivity index (χ4v) is 5.00. The van der Waals surface area contributed by atoms with Crippen LogP contribution in [0, 0.1) is 0 Å². The van der Waals surface area contributed by atoms with Crippen LogP contribution in [0.1, 0.15) is 104 Å². The number of carbonyl (C=O) groups is 10. The van der Waals surface area contributed by atoms with Crippen molar-refractivity contribution in [3.05, 3.63) is 92.0 Å². The molecule has 0 fully saturated rings. The zero-order chi connectivity index (χ0) is 36.8. The van der Waals surface area contributed by atoms with Gasteiger partial charge in [0.25, 0.3) is 0 Å². The summed E-state index contributed by atoms with van der Waals surface area (Å²) in [7, 11) is 0. The molecule has 8 N–H and O–H groups in total. The Balaban J connectivity index is 2.11. The molecule has 19 nitrogen and oxygen atoms in total. The monoisotopic (exact) mass is 678 g/mol. The number of aromatic carboxylic acids is 8. The number of carbonyl (C=O) groups excluding carboxylic acids is 2. The average molecular weight is 678 g/mol. The molecule has 0 amide bonds. The smallest absolute Gasteiger partial charge is 0.347 e. The molecule has 248 valence electrons. The van der Waals surface area contributed by atoms with Crippen LogP contribution in [0.3, 0.4) is 0 Å². The van der Waals surface area contributed by atoms with E-state index in [0.717, 1.165) is 0 Å². The molecule has 0 saturated heterocycles. The molecule has 0 unspecified atom stereocenters. The Kier molecular flexibility index (Phi) is 8.54. The van der Waals surface area contributed by atoms with Gasteiger partial charge in [-0.05, 0) is 57.9 Å². The number of rotatable bonds is 10. The van der Waals surface area contributed by atoms with Crippen LogP contribution in [-0.2, 0) is 4.74 Å². The number of ether oxygens (including phenoxy) is 1. The number of esters is 2. The van der Waals surface area contributed by atoms with Crippen molar-refractivity contribution >= 4 is 81.2 Å². The SMILES string of the molecule is O=C(O)c1cc2cc(C(=O)O)c(C(=O)O)c(C(=O)OC(=O)c3c(C(=O)O)c(C(=O)O)cc4cc(C(=O)O)c(C(=O)O)cc34)c2cc1C(=O)O. The molecular weight excluding hydrogens is 664 g/mol. The highest BCUT2D eigenvalue weighted by molar-refractivity contribution is 6.24. The maximum Gasteiger partial charge on any atom is 0.347 e. The summed E-state index contributed by atoms with van der Waals surface area (Å²) >= 11 is 0. The minimum Gasteiger partial charge on any atom is -0.478 e. The molecule has 4 rings (SSSR count). The fourth-order valence-electron chi connectivity index (χ4n) is 5.00. The summed E-state index contributed by atoms with van der Waals surface area (Å²) in [4.78, 5) is 123. The lowest BCUT2D eigenvalue weighted by atomic mass is 9.90. The number of benzene rings is 4. The van der Waals surface area contributed by atoms with E-state index in [4.69, 9.17) is 4.74 Å². The first-order valence-electron chi connectivity index (χ1n) is 12.7. The quantitative estimate of drug-likeness (QED) is 0.0882. The third-order valence-corrected chi connectivity index (χ3v) is 6.96. The van der Waals surface area contributed by atoms with Crippen molar-refractivity contribution in [2.24, 2.45) is 0 Å². The third kappa shape index (κ3) is 5.88. The van der Waals surface area contributed by atoms with E-state index in [2.05, 4.69) is 0 Å². The molecule has 0 radical (unpaired) electrons. The van der Waals surface area contributed by atoms with Crippen molar-refractivity contribution in [3.63, 3.8) is 0 Å². The van der Waals surface area contributed by atoms with Gasteiger partial charge < -0.3 is 45.6 Å². The number of hydrogen-bond acceptors (Lipinski definition) is 11. The van der Waals surface area contributed by atoms with E-state index in [1.165, 1.54) is 0 Å². The molecule has 19 heteroatoms. The molecule has 0 aliphatic rings. The van der Waals surface area contributed by atoms with Crippen molar-refractivity contribution in [1.82, 2.24) is 0 Å². The van der Waals surface area contributed by atoms with Crippen LogP contribution in [0.2, 0.25) is 0 Å². The number of hydrogen-bond donors (Lipinski definition) is 8. The van der Waals surface area contributed by atoms with Crippen LogP contribution in [0.4, 0.5) is 0 Å². The Morgan fingerprint density at radius 3 is 0.816 bits per heavy atom. The summed E-state index contributed by atoms with van der Waals surface area (Å²) in [5.74, 6) is -20.0. The fraction of sp³-hybridized carbons (Fsp3) is 0. The Labute approximate surface area is 267 Å². The van der Waals surface area contributed by atoms with Crippen LogP contribution in [-0.4, -0.2) is 101 Å². The lowest BCUT2D eigenvalue weighted by Gasteiger charge is -2.16. The molecule has 0 spiro atoms. The molecule has 0 bridgehead atoms. The van der Waals surface area contributed by atoms with Gasteiger partial charge in [0.05, 0.1) is 55.6 Å². The van der Waals surface area contributed by atoms with E-state index in [1.54, 1.807) is 0 Å². The molecule has 4 aromatic rings. The molecular formula is C30H14O19. The highest BCUT2D eigenvalue weighted by atomic mass is 16.6. The maximum atomic E-state index is 13.6. The van der Waals surface area contributed by atoms with E-state index < -0.39 is 137 Å². The minimum absolute atomic E-state index is 0.468. The first kappa shape index (κ1) is 34.2. The summed E-state index contributed by atoms with van der Waals surface area (Å²) < 4.78 is 4.73. The van der Waals surface area contributed by atoms with Crippen molar-refractivity contribution in [3.8, 4) is 0 Å². The van der Waals surface area contributed by atoms with Gasteiger partial charge in [-0.1, -0.05) is 0 Å². The Morgan fingerprint density at radius 2 is 0.571 bits per heavy atom. The number of carboxylic acid groups (broad SMARTS) is 8. The van der Waals surface area contributed by atoms with Gasteiger partial charge in [-0.15, -0.1) is 0 Å². The van der Waals surface area contributed by atoms with E-state index >= 15 is 0 Å². The van der Waals surface area contributed by atoms with Crippen molar-refractivity contribution in [2.75, 3.05) is 0 Å². The van der Waals surface area contributed by atoms with Crippen molar-refractivity contribution in [1.29, 1.82) is 0 Å². The highest BCUT2D eigenvalue weighted by Crippen LogP contribution is 2.33. The topological polar surface area (TPSA) is 342 Å². The summed E-state index contributed by atoms with van der Waals surface area (Å²) in [5.41, 5.74) is -11.8. The van der Waals surface area contributed by atoms with E-state index in [1.807, 2.05) is 0 Å². The Hall–Kier alpha value is -7.70. The summed E-state index contributed by atoms with van der Waals surface area (Å²) in [6.45, 7) is 0. The Morgan fingerprint density at radius 1 is 0.327 bits per heavy atom. The molecule has 0 aliphatic heterocycles. The second-order valence-corrected chi connectivity index (χ2v) is 9.70. The molecule has 4 aromatic carbocycles. The van der Waals surface area contributed by atoms with E-state index in [0.29, 0.717) is 36.4 Å². The zero-order valence-electron chi connectivity index (χ0n) is 23.5. The Bertz CT molecular complexity index is 2140. The molecule has 0 atom stereocenters. The van der Waals surface area contributed by atoms with Gasteiger partial charge >= 0.3 is 59.7 Å². The largest absolute Gasteiger partial charge is 0.478 e. The predicted octanol–water partition coefficient (Wildman–Crippen LogP) is 2.58. The summed E-state index contributed by atoms with van der Waals surface area (Å²) in [6, 6.07) is 3.26. The van der Waals surface area contributed by atoms with Gasteiger partial charge in [0.1, 0.15) is 0 Å². The van der Waals surface area contributed by atoms with Gasteiger partial charge in [-0.3, -0.25) is 0 Å². The zero-order valence-corrected chi connectivity index (χ0v) is 23.5. The van der Waals surface area contributed by atoms with Crippen LogP contribution in [0.5, 0.6) is 0 Å². The van der Waals surface area contributed by atoms with Gasteiger partial charge in [0.15, 0.2) is 0 Å². The van der Waals surface area contributed by atoms with E-state index in [9.17, 15) is 88.8 Å². The lowest BCUT2D eigenvalue weighted by molar-refractivity contribution is 0.0388. The maximum absolute atomic E-state index is 13.6. The van der Waals surface area contributed by atoms with Crippen molar-refractivity contribution < 1.29 is 93.5 Å². The van der Waals surface area contributed by atoms with Crippen LogP contribution in [0.15, 0.2) is 36.4 Å². The molecule has 0 aliphatic carbocycles. The normalized spacial score (nSPS) is 10.7. The molecule has 0 saturated carbocycles. The van der Waals surface area contributed by atoms with Gasteiger partial charge in [0, 0.05) is 0 Å². The van der Waals surface area contributed by atoms with Crippen LogP contribution < -0.4 is 0 Å². The van der Waals surface area contributed by atoms with E-state index in [-0.39, 0.29) is 0 Å². The summed E-state index contributed by atoms with van der Waals surface area (Å²) in [5, 5.41) is 74.5. The third-order valence-electron chi connectivity index (χ3n) is 6.96. The first-order valence-corrected chi connectivity index (χ1v) is 12.7.